The number of anilines is 1. The van der Waals surface area contributed by atoms with Crippen LogP contribution in [0.15, 0.2) is 18.5 Å². The van der Waals surface area contributed by atoms with E-state index < -0.39 is 10.0 Å². The highest BCUT2D eigenvalue weighted by atomic mass is 32.2. The van der Waals surface area contributed by atoms with E-state index in [0.29, 0.717) is 11.9 Å². The van der Waals surface area contributed by atoms with Crippen molar-refractivity contribution in [1.29, 1.82) is 0 Å². The van der Waals surface area contributed by atoms with Crippen LogP contribution < -0.4 is 10.0 Å². The van der Waals surface area contributed by atoms with E-state index in [-0.39, 0.29) is 11.3 Å². The molecule has 0 spiro atoms. The molecule has 1 aromatic heterocycles. The van der Waals surface area contributed by atoms with Crippen LogP contribution in [0.25, 0.3) is 0 Å². The quantitative estimate of drug-likeness (QED) is 0.836. The Morgan fingerprint density at radius 3 is 2.38 bits per heavy atom. The first kappa shape index (κ1) is 16.2. The van der Waals surface area contributed by atoms with Crippen LogP contribution in [0.3, 0.4) is 0 Å². The van der Waals surface area contributed by atoms with Crippen LogP contribution >= 0.6 is 0 Å². The lowest BCUT2D eigenvalue weighted by Crippen LogP contribution is -2.41. The van der Waals surface area contributed by atoms with Gasteiger partial charge in [0.2, 0.25) is 16.0 Å². The number of rotatable bonds is 6. The molecule has 1 saturated carbocycles. The fraction of sp³-hybridized carbons (Fsp3) is 0.714. The van der Waals surface area contributed by atoms with Crippen molar-refractivity contribution < 1.29 is 8.42 Å². The van der Waals surface area contributed by atoms with E-state index >= 15 is 0 Å². The van der Waals surface area contributed by atoms with Crippen molar-refractivity contribution in [3.05, 3.63) is 18.5 Å². The first-order chi connectivity index (χ1) is 9.97. The van der Waals surface area contributed by atoms with Crippen molar-refractivity contribution >= 4 is 16.0 Å². The van der Waals surface area contributed by atoms with Crippen LogP contribution in [-0.4, -0.2) is 36.2 Å². The zero-order valence-electron chi connectivity index (χ0n) is 12.6. The summed E-state index contributed by atoms with van der Waals surface area (Å²) in [4.78, 5) is 8.26. The summed E-state index contributed by atoms with van der Waals surface area (Å²) >= 11 is 0. The normalized spacial score (nSPS) is 23.2. The first-order valence-corrected chi connectivity index (χ1v) is 9.04. The Kier molecular flexibility index (Phi) is 5.52. The molecule has 21 heavy (non-hydrogen) atoms. The second kappa shape index (κ2) is 7.17. The molecule has 0 amide bonds. The third kappa shape index (κ3) is 4.93. The van der Waals surface area contributed by atoms with Gasteiger partial charge in [-0.2, -0.15) is 0 Å². The molecule has 0 radical (unpaired) electrons. The Balaban J connectivity index is 1.74. The molecule has 1 aromatic rings. The Hall–Kier alpha value is -1.21. The smallest absolute Gasteiger partial charge is 0.222 e. The average Bonchev–Trinajstić information content (AvgIpc) is 2.47. The zero-order chi connectivity index (χ0) is 15.3. The minimum atomic E-state index is -3.16. The Bertz CT molecular complexity index is 525. The van der Waals surface area contributed by atoms with Crippen LogP contribution in [0.5, 0.6) is 0 Å². The summed E-state index contributed by atoms with van der Waals surface area (Å²) in [5.41, 5.74) is 0. The van der Waals surface area contributed by atoms with Crippen molar-refractivity contribution in [3.8, 4) is 0 Å². The van der Waals surface area contributed by atoms with E-state index in [9.17, 15) is 8.42 Å². The van der Waals surface area contributed by atoms with Crippen LogP contribution in [0.2, 0.25) is 0 Å². The molecule has 2 N–H and O–H groups in total. The van der Waals surface area contributed by atoms with Crippen LogP contribution in [0, 0.1) is 5.92 Å². The molecule has 2 rings (SSSR count). The molecule has 0 aliphatic heterocycles. The predicted molar refractivity (Wildman–Crippen MR) is 83.5 cm³/mol. The van der Waals surface area contributed by atoms with Crippen LogP contribution in [0.4, 0.5) is 5.95 Å². The van der Waals surface area contributed by atoms with Gasteiger partial charge in [0.1, 0.15) is 0 Å². The molecule has 0 atom stereocenters. The monoisotopic (exact) mass is 312 g/mol. The molecular formula is C14H24N4O2S. The molecule has 0 saturated heterocycles. The van der Waals surface area contributed by atoms with Crippen molar-refractivity contribution in [1.82, 2.24) is 14.7 Å². The minimum Gasteiger partial charge on any atom is -0.354 e. The Morgan fingerprint density at radius 2 is 1.81 bits per heavy atom. The minimum absolute atomic E-state index is 0.0848. The van der Waals surface area contributed by atoms with Gasteiger partial charge in [0.15, 0.2) is 0 Å². The van der Waals surface area contributed by atoms with Gasteiger partial charge in [0.05, 0.1) is 5.25 Å². The van der Waals surface area contributed by atoms with Gasteiger partial charge in [0.25, 0.3) is 0 Å². The molecule has 1 fully saturated rings. The Labute approximate surface area is 126 Å². The molecule has 1 aliphatic rings. The summed E-state index contributed by atoms with van der Waals surface area (Å²) in [7, 11) is -3.16. The van der Waals surface area contributed by atoms with Gasteiger partial charge in [-0.15, -0.1) is 0 Å². The van der Waals surface area contributed by atoms with Gasteiger partial charge in [0, 0.05) is 25.0 Å². The summed E-state index contributed by atoms with van der Waals surface area (Å²) < 4.78 is 26.5. The first-order valence-electron chi connectivity index (χ1n) is 7.49. The third-order valence-electron chi connectivity index (χ3n) is 3.91. The number of nitrogens with zero attached hydrogens (tertiary/aromatic N) is 2. The van der Waals surface area contributed by atoms with Gasteiger partial charge in [-0.1, -0.05) is 0 Å². The van der Waals surface area contributed by atoms with Crippen molar-refractivity contribution in [2.45, 2.75) is 50.8 Å². The highest BCUT2D eigenvalue weighted by molar-refractivity contribution is 7.90. The largest absolute Gasteiger partial charge is 0.354 e. The van der Waals surface area contributed by atoms with Crippen LogP contribution in [-0.2, 0) is 10.0 Å². The fourth-order valence-electron chi connectivity index (χ4n) is 2.48. The summed E-state index contributed by atoms with van der Waals surface area (Å²) in [5, 5.41) is 2.87. The van der Waals surface area contributed by atoms with Gasteiger partial charge >= 0.3 is 0 Å². The third-order valence-corrected chi connectivity index (χ3v) is 5.82. The average molecular weight is 312 g/mol. The maximum atomic E-state index is 11.9. The summed E-state index contributed by atoms with van der Waals surface area (Å²) in [6, 6.07) is 1.87. The van der Waals surface area contributed by atoms with Gasteiger partial charge in [-0.05, 0) is 51.5 Å². The highest BCUT2D eigenvalue weighted by Gasteiger charge is 2.26. The molecule has 0 aromatic carbocycles. The second-order valence-corrected chi connectivity index (χ2v) is 8.15. The lowest BCUT2D eigenvalue weighted by atomic mass is 9.86. The molecular weight excluding hydrogens is 288 g/mol. The zero-order valence-corrected chi connectivity index (χ0v) is 13.4. The lowest BCUT2D eigenvalue weighted by Gasteiger charge is -2.29. The van der Waals surface area contributed by atoms with Gasteiger partial charge in [-0.25, -0.2) is 23.1 Å². The molecule has 118 valence electrons. The maximum absolute atomic E-state index is 11.9. The van der Waals surface area contributed by atoms with Crippen molar-refractivity contribution in [3.63, 3.8) is 0 Å². The van der Waals surface area contributed by atoms with Gasteiger partial charge in [-0.3, -0.25) is 0 Å². The Morgan fingerprint density at radius 1 is 1.19 bits per heavy atom. The molecule has 6 nitrogen and oxygen atoms in total. The van der Waals surface area contributed by atoms with E-state index in [0.717, 1.165) is 32.2 Å². The van der Waals surface area contributed by atoms with E-state index in [1.54, 1.807) is 32.3 Å². The SMILES string of the molecule is CC(C)S(=O)(=O)N[C@H]1CC[C@H](CNc2ncccn2)CC1. The number of sulfonamides is 1. The molecule has 7 heteroatoms. The molecule has 1 aliphatic carbocycles. The predicted octanol–water partition coefficient (Wildman–Crippen LogP) is 1.78. The molecule has 0 bridgehead atoms. The number of aromatic nitrogens is 2. The van der Waals surface area contributed by atoms with E-state index in [1.807, 2.05) is 0 Å². The number of nitrogens with one attached hydrogen (secondary N) is 2. The topological polar surface area (TPSA) is 84.0 Å². The summed E-state index contributed by atoms with van der Waals surface area (Å²) in [6.07, 6.45) is 7.26. The highest BCUT2D eigenvalue weighted by Crippen LogP contribution is 2.25. The number of hydrogen-bond acceptors (Lipinski definition) is 5. The van der Waals surface area contributed by atoms with Crippen molar-refractivity contribution in [2.75, 3.05) is 11.9 Å². The van der Waals surface area contributed by atoms with Gasteiger partial charge < -0.3 is 5.32 Å². The summed E-state index contributed by atoms with van der Waals surface area (Å²) in [6.45, 7) is 4.25. The standard InChI is InChI=1S/C14H24N4O2S/c1-11(2)21(19,20)18-13-6-4-12(5-7-13)10-17-14-15-8-3-9-16-14/h3,8-9,11-13,18H,4-7,10H2,1-2H3,(H,15,16,17)/t12-,13-. The molecule has 1 heterocycles. The van der Waals surface area contributed by atoms with E-state index in [4.69, 9.17) is 0 Å². The lowest BCUT2D eigenvalue weighted by molar-refractivity contribution is 0.323. The number of hydrogen-bond donors (Lipinski definition) is 2. The fourth-order valence-corrected chi connectivity index (χ4v) is 3.45. The molecule has 0 unspecified atom stereocenters. The van der Waals surface area contributed by atoms with E-state index in [1.165, 1.54) is 0 Å². The van der Waals surface area contributed by atoms with E-state index in [2.05, 4.69) is 20.0 Å². The second-order valence-electron chi connectivity index (χ2n) is 5.88. The summed E-state index contributed by atoms with van der Waals surface area (Å²) in [5.74, 6) is 1.20. The maximum Gasteiger partial charge on any atom is 0.222 e. The van der Waals surface area contributed by atoms with Crippen molar-refractivity contribution in [2.24, 2.45) is 5.92 Å². The van der Waals surface area contributed by atoms with Crippen LogP contribution in [0.1, 0.15) is 39.5 Å².